The first-order valence-electron chi connectivity index (χ1n) is 3.77. The van der Waals surface area contributed by atoms with Gasteiger partial charge in [0.15, 0.2) is 18.1 Å². The average molecular weight is 196 g/mol. The van der Waals surface area contributed by atoms with Crippen LogP contribution in [0.15, 0.2) is 36.7 Å². The Bertz CT molecular complexity index is 365. The summed E-state index contributed by atoms with van der Waals surface area (Å²) in [6.07, 6.45) is 2.47. The van der Waals surface area contributed by atoms with Crippen LogP contribution in [0.5, 0.6) is 0 Å². The summed E-state index contributed by atoms with van der Waals surface area (Å²) in [7, 11) is 0. The van der Waals surface area contributed by atoms with E-state index in [1.54, 1.807) is 24.3 Å². The molecule has 4 nitrogen and oxygen atoms in total. The van der Waals surface area contributed by atoms with E-state index in [4.69, 9.17) is 0 Å². The lowest BCUT2D eigenvalue weighted by Crippen LogP contribution is -2.97. The average Bonchev–Trinajstić information content (AvgIpc) is 2.13. The molecule has 1 aliphatic heterocycles. The monoisotopic (exact) mass is 196 g/mol. The second-order valence-corrected chi connectivity index (χ2v) is 3.41. The number of rotatable bonds is 0. The summed E-state index contributed by atoms with van der Waals surface area (Å²) in [5, 5.41) is 22.8. The second-order valence-electron chi connectivity index (χ2n) is 2.82. The first-order chi connectivity index (χ1) is 6.11. The number of nitrogens with one attached hydrogen (secondary N) is 1. The van der Waals surface area contributed by atoms with Gasteiger partial charge in [-0.2, -0.15) is 0 Å². The van der Waals surface area contributed by atoms with E-state index < -0.39 is 4.05 Å². The number of quaternary nitrogens is 2. The van der Waals surface area contributed by atoms with Crippen LogP contribution in [0.25, 0.3) is 0 Å². The van der Waals surface area contributed by atoms with Gasteiger partial charge in [0, 0.05) is 12.1 Å². The van der Waals surface area contributed by atoms with Crippen LogP contribution in [0.4, 0.5) is 11.4 Å². The molecule has 2 atom stereocenters. The maximum atomic E-state index is 11.7. The van der Waals surface area contributed by atoms with Crippen molar-refractivity contribution in [3.8, 4) is 0 Å². The molecule has 13 heavy (non-hydrogen) atoms. The molecule has 1 heterocycles. The van der Waals surface area contributed by atoms with Gasteiger partial charge in [-0.3, -0.25) is 0 Å². The van der Waals surface area contributed by atoms with Crippen LogP contribution in [0.2, 0.25) is 0 Å². The Morgan fingerprint density at radius 3 is 2.69 bits per heavy atom. The van der Waals surface area contributed by atoms with Crippen LogP contribution >= 0.6 is 12.8 Å². The van der Waals surface area contributed by atoms with E-state index in [1.807, 2.05) is 0 Å². The molecule has 0 spiro atoms. The molecule has 5 heteroatoms. The van der Waals surface area contributed by atoms with Crippen LogP contribution in [0.1, 0.15) is 0 Å². The molecule has 2 rings (SSSR count). The van der Waals surface area contributed by atoms with Crippen molar-refractivity contribution in [2.75, 3.05) is 0 Å². The maximum Gasteiger partial charge on any atom is 0.211 e. The van der Waals surface area contributed by atoms with Gasteiger partial charge in [0.1, 0.15) is 0 Å². The Morgan fingerprint density at radius 2 is 2.00 bits per heavy atom. The Kier molecular flexibility index (Phi) is 1.90. The molecule has 0 bridgehead atoms. The molecule has 1 N–H and O–H groups in total. The molecule has 0 aromatic heterocycles. The van der Waals surface area contributed by atoms with Gasteiger partial charge in [-0.05, 0) is 0 Å². The molecule has 1 aromatic carbocycles. The van der Waals surface area contributed by atoms with Crippen molar-refractivity contribution in [2.24, 2.45) is 0 Å². The summed E-state index contributed by atoms with van der Waals surface area (Å²) >= 11 is 3.88. The maximum absolute atomic E-state index is 11.7. The number of nitrogens with zero attached hydrogens (tertiary/aromatic N) is 1. The lowest BCUT2D eigenvalue weighted by atomic mass is 10.2. The van der Waals surface area contributed by atoms with Crippen molar-refractivity contribution in [3.05, 3.63) is 47.1 Å². The zero-order valence-corrected chi connectivity index (χ0v) is 7.57. The highest BCUT2D eigenvalue weighted by Gasteiger charge is 2.26. The van der Waals surface area contributed by atoms with Crippen LogP contribution in [-0.2, 0) is 0 Å². The molecule has 0 aliphatic carbocycles. The summed E-state index contributed by atoms with van der Waals surface area (Å²) in [6.45, 7) is 0. The Labute approximate surface area is 81.0 Å². The lowest BCUT2D eigenvalue weighted by Gasteiger charge is -2.36. The third-order valence-electron chi connectivity index (χ3n) is 1.94. The quantitative estimate of drug-likeness (QED) is 0.367. The summed E-state index contributed by atoms with van der Waals surface area (Å²) < 4.78 is -0.915. The highest BCUT2D eigenvalue weighted by atomic mass is 32.1. The minimum atomic E-state index is -0.915. The molecule has 0 fully saturated rings. The Morgan fingerprint density at radius 1 is 1.31 bits per heavy atom. The van der Waals surface area contributed by atoms with Crippen molar-refractivity contribution >= 4 is 24.2 Å². The highest BCUT2D eigenvalue weighted by molar-refractivity contribution is 7.80. The summed E-state index contributed by atoms with van der Waals surface area (Å²) in [5.41, 5.74) is 0.799. The van der Waals surface area contributed by atoms with Gasteiger partial charge in [0.2, 0.25) is 5.69 Å². The predicted octanol–water partition coefficient (Wildman–Crippen LogP) is 0.836. The van der Waals surface area contributed by atoms with Gasteiger partial charge in [0.25, 0.3) is 0 Å². The van der Waals surface area contributed by atoms with Crippen molar-refractivity contribution in [1.82, 2.24) is 4.05 Å². The van der Waals surface area contributed by atoms with E-state index in [-0.39, 0.29) is 5.06 Å². The SMILES string of the molecule is [O-][NH+]1C=C[N+]([O-])(S)c2ccccc21. The molecule has 0 saturated carbocycles. The minimum absolute atomic E-state index is 0.144. The fourth-order valence-corrected chi connectivity index (χ4v) is 1.54. The van der Waals surface area contributed by atoms with Crippen LogP contribution in [0, 0.1) is 10.4 Å². The number of benzene rings is 1. The third-order valence-corrected chi connectivity index (χ3v) is 2.29. The normalized spacial score (nSPS) is 31.5. The van der Waals surface area contributed by atoms with Crippen molar-refractivity contribution in [3.63, 3.8) is 0 Å². The van der Waals surface area contributed by atoms with Gasteiger partial charge in [0.05, 0.1) is 12.8 Å². The Balaban J connectivity index is 2.61. The first kappa shape index (κ1) is 8.74. The second kappa shape index (κ2) is 2.83. The number of thiol groups is 1. The van der Waals surface area contributed by atoms with Gasteiger partial charge in [-0.15, -0.1) is 0 Å². The molecule has 68 valence electrons. The fraction of sp³-hybridized carbons (Fsp3) is 0. The highest BCUT2D eigenvalue weighted by Crippen LogP contribution is 2.32. The lowest BCUT2D eigenvalue weighted by molar-refractivity contribution is -0.715. The number of fused-ring (bicyclic) bond motifs is 1. The molecular weight excluding hydrogens is 188 g/mol. The van der Waals surface area contributed by atoms with Gasteiger partial charge in [-0.1, -0.05) is 12.1 Å². The number of hydroxylamine groups is 2. The number of hydrogen-bond acceptors (Lipinski definition) is 3. The van der Waals surface area contributed by atoms with Gasteiger partial charge < -0.3 is 15.5 Å². The topological polar surface area (TPSA) is 50.6 Å². The fourth-order valence-electron chi connectivity index (χ4n) is 1.30. The zero-order chi connectivity index (χ0) is 9.47. The van der Waals surface area contributed by atoms with Crippen LogP contribution in [-0.4, -0.2) is 0 Å². The number of para-hydroxylation sites is 2. The molecule has 2 unspecified atom stereocenters. The van der Waals surface area contributed by atoms with Crippen molar-refractivity contribution < 1.29 is 5.06 Å². The van der Waals surface area contributed by atoms with E-state index in [0.717, 1.165) is 0 Å². The largest absolute Gasteiger partial charge is 0.623 e. The zero-order valence-electron chi connectivity index (χ0n) is 6.68. The van der Waals surface area contributed by atoms with E-state index in [1.165, 1.54) is 12.4 Å². The summed E-state index contributed by atoms with van der Waals surface area (Å²) in [5.74, 6) is 0. The van der Waals surface area contributed by atoms with Crippen molar-refractivity contribution in [2.45, 2.75) is 0 Å². The predicted molar refractivity (Wildman–Crippen MR) is 53.7 cm³/mol. The van der Waals surface area contributed by atoms with E-state index in [2.05, 4.69) is 12.8 Å². The molecule has 0 saturated heterocycles. The molecule has 1 aromatic rings. The van der Waals surface area contributed by atoms with E-state index in [0.29, 0.717) is 11.4 Å². The first-order valence-corrected chi connectivity index (χ1v) is 4.17. The summed E-state index contributed by atoms with van der Waals surface area (Å²) in [4.78, 5) is 0. The number of hydrogen-bond donors (Lipinski definition) is 2. The minimum Gasteiger partial charge on any atom is -0.623 e. The van der Waals surface area contributed by atoms with E-state index >= 15 is 0 Å². The molecule has 1 aliphatic rings. The van der Waals surface area contributed by atoms with Crippen molar-refractivity contribution in [1.29, 1.82) is 0 Å². The van der Waals surface area contributed by atoms with Crippen LogP contribution < -0.4 is 9.11 Å². The van der Waals surface area contributed by atoms with Gasteiger partial charge >= 0.3 is 0 Å². The van der Waals surface area contributed by atoms with Crippen LogP contribution in [0.3, 0.4) is 0 Å². The smallest absolute Gasteiger partial charge is 0.211 e. The standard InChI is InChI=1S/C8H8N2O2S/c11-9-5-6-10(12,13)8-4-2-1-3-7(8)9/h1-6,9,13H. The molecular formula is C8H8N2O2S. The Hall–Kier alpha value is -0.850. The summed E-state index contributed by atoms with van der Waals surface area (Å²) in [6, 6.07) is 6.68. The van der Waals surface area contributed by atoms with E-state index in [9.17, 15) is 10.4 Å². The van der Waals surface area contributed by atoms with Gasteiger partial charge in [-0.25, -0.2) is 4.05 Å². The molecule has 0 amide bonds. The third kappa shape index (κ3) is 1.37. The molecule has 0 radical (unpaired) electrons.